The Labute approximate surface area is 213 Å². The van der Waals surface area contributed by atoms with Crippen LogP contribution in [-0.2, 0) is 20.8 Å². The number of hydrogen-bond acceptors (Lipinski definition) is 14. The van der Waals surface area contributed by atoms with E-state index in [-0.39, 0.29) is 31.0 Å². The largest absolute Gasteiger partial charge is 0.394 e. The quantitative estimate of drug-likeness (QED) is 0.159. The summed E-state index contributed by atoms with van der Waals surface area (Å²) >= 11 is 0. The smallest absolute Gasteiger partial charge is 0.330 e. The van der Waals surface area contributed by atoms with Gasteiger partial charge >= 0.3 is 5.69 Å². The second-order valence-corrected chi connectivity index (χ2v) is 8.68. The maximum atomic E-state index is 11.7. The molecule has 2 saturated heterocycles. The fraction of sp³-hybridized carbons (Fsp3) is 0.571. The van der Waals surface area contributed by atoms with E-state index in [1.54, 1.807) is 0 Å². The van der Waals surface area contributed by atoms with E-state index in [0.717, 1.165) is 0 Å². The Morgan fingerprint density at radius 3 is 2.45 bits per heavy atom. The van der Waals surface area contributed by atoms with E-state index in [1.807, 2.05) is 0 Å². The van der Waals surface area contributed by atoms with Gasteiger partial charge in [-0.05, 0) is 0 Å². The summed E-state index contributed by atoms with van der Waals surface area (Å²) in [5, 5.41) is 47.4. The van der Waals surface area contributed by atoms with Crippen LogP contribution in [0.25, 0.3) is 11.2 Å². The van der Waals surface area contributed by atoms with Crippen molar-refractivity contribution >= 4 is 17.0 Å². The van der Waals surface area contributed by atoms with Gasteiger partial charge < -0.3 is 45.5 Å². The number of methoxy groups -OCH3 is 1. The number of aromatic nitrogens is 6. The zero-order valence-electron chi connectivity index (χ0n) is 20.2. The molecule has 4 unspecified atom stereocenters. The molecule has 0 spiro atoms. The number of H-pyrrole nitrogens is 1. The Balaban J connectivity index is 0.000000177. The van der Waals surface area contributed by atoms with Gasteiger partial charge in [0.25, 0.3) is 5.56 Å². The minimum absolute atomic E-state index is 0.0638. The molecule has 0 aliphatic carbocycles. The Morgan fingerprint density at radius 2 is 1.82 bits per heavy atom. The maximum Gasteiger partial charge on any atom is 0.330 e. The van der Waals surface area contributed by atoms with Crippen molar-refractivity contribution in [1.29, 1.82) is 0 Å². The SMILES string of the molecule is COCc1cn([C@H]2C[C@H](O)[C@@H](CO)O2)c(=O)[nH]c1=O.Nc1ncnc2c1ncn2C1OC(CO)C(O)C1O. The van der Waals surface area contributed by atoms with Crippen LogP contribution in [0.5, 0.6) is 0 Å². The van der Waals surface area contributed by atoms with Crippen LogP contribution in [0.3, 0.4) is 0 Å². The maximum absolute atomic E-state index is 11.7. The van der Waals surface area contributed by atoms with Crippen LogP contribution in [0, 0.1) is 0 Å². The number of nitrogens with one attached hydrogen (secondary N) is 1. The van der Waals surface area contributed by atoms with E-state index in [1.165, 1.54) is 35.1 Å². The summed E-state index contributed by atoms with van der Waals surface area (Å²) in [5.74, 6) is 0.218. The van der Waals surface area contributed by atoms with E-state index in [2.05, 4.69) is 19.9 Å². The van der Waals surface area contributed by atoms with Crippen LogP contribution in [0.2, 0.25) is 0 Å². The highest BCUT2D eigenvalue weighted by Gasteiger charge is 2.44. The van der Waals surface area contributed by atoms with Crippen molar-refractivity contribution in [3.05, 3.63) is 45.3 Å². The fourth-order valence-electron chi connectivity index (χ4n) is 4.22. The summed E-state index contributed by atoms with van der Waals surface area (Å²) in [5.41, 5.74) is 5.59. The predicted molar refractivity (Wildman–Crippen MR) is 126 cm³/mol. The number of rotatable bonds is 6. The van der Waals surface area contributed by atoms with Gasteiger partial charge in [0.05, 0.1) is 37.8 Å². The van der Waals surface area contributed by atoms with Crippen LogP contribution in [0.15, 0.2) is 28.4 Å². The van der Waals surface area contributed by atoms with Crippen LogP contribution < -0.4 is 17.0 Å². The Kier molecular flexibility index (Phi) is 8.48. The number of aromatic amines is 1. The second kappa shape index (κ2) is 11.6. The van der Waals surface area contributed by atoms with E-state index >= 15 is 0 Å². The van der Waals surface area contributed by atoms with E-state index < -0.39 is 60.8 Å². The summed E-state index contributed by atoms with van der Waals surface area (Å²) in [6, 6.07) is 0. The standard InChI is InChI=1S/C11H16N2O6.C10H13N5O4/c1-18-5-6-3-13(11(17)12-10(6)16)9-2-7(15)8(4-14)19-9;11-8-5-9(13-2-12-8)15(3-14-5)10-7(18)6(17)4(1-16)19-10/h3,7-9,14-15H,2,4-5H2,1H3,(H,12,16,17);2-4,6-7,10,16-18H,1H2,(H2,11,12,13)/t7-,8+,9+;/m0./s1. The zero-order valence-corrected chi connectivity index (χ0v) is 20.2. The Hall–Kier alpha value is -3.29. The number of nitrogen functional groups attached to an aromatic ring is 1. The van der Waals surface area contributed by atoms with Crippen LogP contribution in [0.1, 0.15) is 24.4 Å². The molecule has 8 N–H and O–H groups in total. The number of nitrogens with zero attached hydrogens (tertiary/aromatic N) is 5. The number of aliphatic hydroxyl groups is 5. The molecule has 7 atom stereocenters. The minimum Gasteiger partial charge on any atom is -0.394 e. The summed E-state index contributed by atoms with van der Waals surface area (Å²) in [4.78, 5) is 37.3. The number of nitrogens with two attached hydrogens (primary N) is 1. The summed E-state index contributed by atoms with van der Waals surface area (Å²) in [7, 11) is 1.44. The van der Waals surface area contributed by atoms with Crippen LogP contribution in [-0.4, -0.2) is 105 Å². The molecule has 3 aromatic rings. The average molecular weight is 540 g/mol. The van der Waals surface area contributed by atoms with Gasteiger partial charge in [-0.1, -0.05) is 0 Å². The summed E-state index contributed by atoms with van der Waals surface area (Å²) in [6.07, 6.45) is -2.19. The highest BCUT2D eigenvalue weighted by Crippen LogP contribution is 2.31. The van der Waals surface area contributed by atoms with Gasteiger partial charge in [0.1, 0.15) is 42.5 Å². The number of ether oxygens (including phenoxy) is 3. The number of hydrogen-bond donors (Lipinski definition) is 7. The first-order valence-electron chi connectivity index (χ1n) is 11.5. The van der Waals surface area contributed by atoms with Crippen molar-refractivity contribution in [2.24, 2.45) is 0 Å². The lowest BCUT2D eigenvalue weighted by molar-refractivity contribution is -0.0511. The highest BCUT2D eigenvalue weighted by molar-refractivity contribution is 5.81. The first kappa shape index (κ1) is 27.7. The number of fused-ring (bicyclic) bond motifs is 1. The molecule has 0 radical (unpaired) electrons. The molecule has 17 heteroatoms. The molecular weight excluding hydrogens is 510 g/mol. The van der Waals surface area contributed by atoms with Gasteiger partial charge in [-0.25, -0.2) is 19.7 Å². The normalized spacial score (nSPS) is 28.9. The van der Waals surface area contributed by atoms with Gasteiger partial charge in [-0.2, -0.15) is 0 Å². The zero-order chi connectivity index (χ0) is 27.6. The Morgan fingerprint density at radius 1 is 1.08 bits per heavy atom. The van der Waals surface area contributed by atoms with Crippen molar-refractivity contribution in [2.45, 2.75) is 56.0 Å². The van der Waals surface area contributed by atoms with Crippen LogP contribution in [0.4, 0.5) is 5.82 Å². The molecule has 5 heterocycles. The van der Waals surface area contributed by atoms with E-state index in [4.69, 9.17) is 30.2 Å². The predicted octanol–water partition coefficient (Wildman–Crippen LogP) is -3.66. The third-order valence-corrected chi connectivity index (χ3v) is 6.21. The number of imidazole rings is 1. The molecule has 2 aliphatic rings. The van der Waals surface area contributed by atoms with Crippen LogP contribution >= 0.6 is 0 Å². The highest BCUT2D eigenvalue weighted by atomic mass is 16.6. The third kappa shape index (κ3) is 5.31. The molecule has 38 heavy (non-hydrogen) atoms. The molecule has 0 bridgehead atoms. The topological polar surface area (TPSA) is 253 Å². The third-order valence-electron chi connectivity index (χ3n) is 6.21. The molecule has 17 nitrogen and oxygen atoms in total. The Bertz CT molecular complexity index is 1360. The van der Waals surface area contributed by atoms with Crippen molar-refractivity contribution in [2.75, 3.05) is 26.1 Å². The minimum atomic E-state index is -1.19. The second-order valence-electron chi connectivity index (χ2n) is 8.68. The molecule has 0 aromatic carbocycles. The first-order valence-corrected chi connectivity index (χ1v) is 11.5. The van der Waals surface area contributed by atoms with Crippen molar-refractivity contribution in [1.82, 2.24) is 29.1 Å². The first-order chi connectivity index (χ1) is 18.2. The summed E-state index contributed by atoms with van der Waals surface area (Å²) in [6.45, 7) is -0.659. The molecule has 208 valence electrons. The molecule has 0 saturated carbocycles. The van der Waals surface area contributed by atoms with E-state index in [0.29, 0.717) is 11.2 Å². The van der Waals surface area contributed by atoms with Gasteiger partial charge in [0.2, 0.25) is 0 Å². The van der Waals surface area contributed by atoms with Gasteiger partial charge in [-0.15, -0.1) is 0 Å². The van der Waals surface area contributed by atoms with Crippen molar-refractivity contribution in [3.63, 3.8) is 0 Å². The molecule has 0 amide bonds. The lowest BCUT2D eigenvalue weighted by Crippen LogP contribution is -2.34. The molecular formula is C21H29N7O10. The molecule has 3 aromatic heterocycles. The molecule has 2 aliphatic heterocycles. The lowest BCUT2D eigenvalue weighted by Gasteiger charge is -2.16. The van der Waals surface area contributed by atoms with Gasteiger partial charge in [-0.3, -0.25) is 18.9 Å². The number of anilines is 1. The van der Waals surface area contributed by atoms with Crippen molar-refractivity contribution in [3.8, 4) is 0 Å². The number of aliphatic hydroxyl groups excluding tert-OH is 5. The van der Waals surface area contributed by atoms with Gasteiger partial charge in [0.15, 0.2) is 17.7 Å². The lowest BCUT2D eigenvalue weighted by atomic mass is 10.1. The van der Waals surface area contributed by atoms with Crippen molar-refractivity contribution < 1.29 is 39.7 Å². The monoisotopic (exact) mass is 539 g/mol. The summed E-state index contributed by atoms with van der Waals surface area (Å²) < 4.78 is 18.3. The van der Waals surface area contributed by atoms with Gasteiger partial charge in [0, 0.05) is 19.7 Å². The average Bonchev–Trinajstić information content (AvgIpc) is 3.57. The fourth-order valence-corrected chi connectivity index (χ4v) is 4.22. The molecule has 2 fully saturated rings. The van der Waals surface area contributed by atoms with E-state index in [9.17, 15) is 24.9 Å². The molecule has 5 rings (SSSR count).